The Morgan fingerprint density at radius 2 is 2.21 bits per heavy atom. The van der Waals surface area contributed by atoms with Crippen LogP contribution < -0.4 is 5.73 Å². The molecule has 19 heavy (non-hydrogen) atoms. The molecule has 2 heterocycles. The summed E-state index contributed by atoms with van der Waals surface area (Å²) in [6.45, 7) is 4.44. The Morgan fingerprint density at radius 1 is 1.32 bits per heavy atom. The lowest BCUT2D eigenvalue weighted by Crippen LogP contribution is -2.52. The van der Waals surface area contributed by atoms with E-state index in [2.05, 4.69) is 4.90 Å². The first kappa shape index (κ1) is 12.6. The summed E-state index contributed by atoms with van der Waals surface area (Å²) in [5.74, 6) is 0.154. The smallest absolute Gasteiger partial charge is 0.253 e. The van der Waals surface area contributed by atoms with Crippen LogP contribution >= 0.6 is 0 Å². The van der Waals surface area contributed by atoms with Crippen molar-refractivity contribution in [3.63, 3.8) is 0 Å². The predicted octanol–water partition coefficient (Wildman–Crippen LogP) is 1.07. The number of nitrogens with two attached hydrogens (primary N) is 1. The van der Waals surface area contributed by atoms with Crippen molar-refractivity contribution < 1.29 is 4.79 Å². The van der Waals surface area contributed by atoms with E-state index in [1.165, 1.54) is 19.4 Å². The van der Waals surface area contributed by atoms with Gasteiger partial charge >= 0.3 is 0 Å². The highest BCUT2D eigenvalue weighted by Gasteiger charge is 2.32. The molecule has 0 saturated carbocycles. The van der Waals surface area contributed by atoms with Gasteiger partial charge in [-0.15, -0.1) is 0 Å². The molecule has 0 aromatic heterocycles. The van der Waals surface area contributed by atoms with Crippen molar-refractivity contribution in [3.8, 4) is 0 Å². The summed E-state index contributed by atoms with van der Waals surface area (Å²) < 4.78 is 0. The fourth-order valence-electron chi connectivity index (χ4n) is 3.19. The summed E-state index contributed by atoms with van der Waals surface area (Å²) in [6.07, 6.45) is 2.50. The molecule has 1 atom stereocenters. The molecule has 2 N–H and O–H groups in total. The van der Waals surface area contributed by atoms with E-state index in [1.807, 2.05) is 29.2 Å². The fourth-order valence-corrected chi connectivity index (χ4v) is 3.19. The zero-order chi connectivity index (χ0) is 13.2. The number of carbonyl (C=O) groups excluding carboxylic acids is 1. The highest BCUT2D eigenvalue weighted by Crippen LogP contribution is 2.22. The van der Waals surface area contributed by atoms with Gasteiger partial charge in [0.1, 0.15) is 0 Å². The number of rotatable bonds is 2. The largest absolute Gasteiger partial charge is 0.336 e. The van der Waals surface area contributed by atoms with Gasteiger partial charge in [-0.05, 0) is 37.1 Å². The fraction of sp³-hybridized carbons (Fsp3) is 0.533. The lowest BCUT2D eigenvalue weighted by molar-refractivity contribution is 0.0571. The predicted molar refractivity (Wildman–Crippen MR) is 74.8 cm³/mol. The molecular formula is C15H21N3O. The number of nitrogens with zero attached hydrogens (tertiary/aromatic N) is 2. The first-order valence-corrected chi connectivity index (χ1v) is 7.10. The number of fused-ring (bicyclic) bond motifs is 1. The third kappa shape index (κ3) is 2.51. The molecule has 1 aromatic rings. The lowest BCUT2D eigenvalue weighted by Gasteiger charge is -2.37. The normalized spacial score (nSPS) is 23.4. The Hall–Kier alpha value is -1.39. The molecule has 4 nitrogen and oxygen atoms in total. The number of amides is 1. The Bertz CT molecular complexity index is 474. The molecule has 2 aliphatic rings. The molecule has 2 saturated heterocycles. The first-order chi connectivity index (χ1) is 9.28. The van der Waals surface area contributed by atoms with Crippen LogP contribution in [0.4, 0.5) is 0 Å². The number of carbonyl (C=O) groups is 1. The van der Waals surface area contributed by atoms with Gasteiger partial charge in [-0.1, -0.05) is 12.1 Å². The molecule has 102 valence electrons. The Morgan fingerprint density at radius 3 is 3.05 bits per heavy atom. The molecule has 1 unspecified atom stereocenters. The van der Waals surface area contributed by atoms with E-state index in [4.69, 9.17) is 5.73 Å². The molecule has 0 spiro atoms. The molecule has 2 fully saturated rings. The van der Waals surface area contributed by atoms with Crippen LogP contribution in [0, 0.1) is 0 Å². The van der Waals surface area contributed by atoms with Gasteiger partial charge in [0, 0.05) is 37.8 Å². The summed E-state index contributed by atoms with van der Waals surface area (Å²) in [6, 6.07) is 8.27. The van der Waals surface area contributed by atoms with Gasteiger partial charge in [0.05, 0.1) is 0 Å². The zero-order valence-corrected chi connectivity index (χ0v) is 11.2. The summed E-state index contributed by atoms with van der Waals surface area (Å²) >= 11 is 0. The highest BCUT2D eigenvalue weighted by molar-refractivity contribution is 5.94. The second kappa shape index (κ2) is 5.31. The third-order valence-corrected chi connectivity index (χ3v) is 4.28. The zero-order valence-electron chi connectivity index (χ0n) is 11.2. The maximum Gasteiger partial charge on any atom is 0.253 e. The average Bonchev–Trinajstić information content (AvgIpc) is 2.94. The molecule has 0 bridgehead atoms. The second-order valence-corrected chi connectivity index (χ2v) is 5.49. The summed E-state index contributed by atoms with van der Waals surface area (Å²) in [4.78, 5) is 17.0. The van der Waals surface area contributed by atoms with Crippen molar-refractivity contribution in [2.75, 3.05) is 26.2 Å². The monoisotopic (exact) mass is 259 g/mol. The van der Waals surface area contributed by atoms with E-state index < -0.39 is 0 Å². The minimum atomic E-state index is 0.154. The minimum Gasteiger partial charge on any atom is -0.336 e. The van der Waals surface area contributed by atoms with Gasteiger partial charge in [-0.3, -0.25) is 9.69 Å². The van der Waals surface area contributed by atoms with Gasteiger partial charge < -0.3 is 10.6 Å². The van der Waals surface area contributed by atoms with E-state index in [0.29, 0.717) is 12.6 Å². The van der Waals surface area contributed by atoms with Crippen LogP contribution in [0.1, 0.15) is 28.8 Å². The SMILES string of the molecule is NCc1cccc(C(=O)N2CCN3CCCC3C2)c1. The number of piperazine rings is 1. The van der Waals surface area contributed by atoms with Crippen LogP contribution in [0.25, 0.3) is 0 Å². The Labute approximate surface area is 114 Å². The number of hydrogen-bond acceptors (Lipinski definition) is 3. The summed E-state index contributed by atoms with van der Waals surface area (Å²) in [5, 5.41) is 0. The topological polar surface area (TPSA) is 49.6 Å². The van der Waals surface area contributed by atoms with E-state index in [1.54, 1.807) is 0 Å². The summed E-state index contributed by atoms with van der Waals surface area (Å²) in [7, 11) is 0. The number of benzene rings is 1. The molecule has 2 aliphatic heterocycles. The van der Waals surface area contributed by atoms with Crippen molar-refractivity contribution >= 4 is 5.91 Å². The molecule has 3 rings (SSSR count). The van der Waals surface area contributed by atoms with Crippen molar-refractivity contribution in [2.45, 2.75) is 25.4 Å². The third-order valence-electron chi connectivity index (χ3n) is 4.28. The van der Waals surface area contributed by atoms with Crippen molar-refractivity contribution in [1.29, 1.82) is 0 Å². The van der Waals surface area contributed by atoms with Crippen LogP contribution in [0.15, 0.2) is 24.3 Å². The van der Waals surface area contributed by atoms with Gasteiger partial charge in [-0.25, -0.2) is 0 Å². The Kier molecular flexibility index (Phi) is 3.53. The first-order valence-electron chi connectivity index (χ1n) is 7.10. The van der Waals surface area contributed by atoms with Crippen LogP contribution in [-0.2, 0) is 6.54 Å². The van der Waals surface area contributed by atoms with Gasteiger partial charge in [-0.2, -0.15) is 0 Å². The second-order valence-electron chi connectivity index (χ2n) is 5.49. The van der Waals surface area contributed by atoms with Gasteiger partial charge in [0.15, 0.2) is 0 Å². The number of hydrogen-bond donors (Lipinski definition) is 1. The standard InChI is InChI=1S/C15H21N3O/c16-10-12-3-1-4-13(9-12)15(19)18-8-7-17-6-2-5-14(17)11-18/h1,3-4,9,14H,2,5-8,10-11,16H2. The molecule has 4 heteroatoms. The van der Waals surface area contributed by atoms with Gasteiger partial charge in [0.2, 0.25) is 0 Å². The quantitative estimate of drug-likeness (QED) is 0.864. The van der Waals surface area contributed by atoms with E-state index >= 15 is 0 Å². The van der Waals surface area contributed by atoms with Crippen molar-refractivity contribution in [2.24, 2.45) is 5.73 Å². The van der Waals surface area contributed by atoms with Crippen molar-refractivity contribution in [1.82, 2.24) is 9.80 Å². The maximum atomic E-state index is 12.5. The lowest BCUT2D eigenvalue weighted by atomic mass is 10.1. The minimum absolute atomic E-state index is 0.154. The average molecular weight is 259 g/mol. The van der Waals surface area contributed by atoms with Crippen molar-refractivity contribution in [3.05, 3.63) is 35.4 Å². The molecule has 1 amide bonds. The molecule has 1 aromatic carbocycles. The summed E-state index contributed by atoms with van der Waals surface area (Å²) in [5.41, 5.74) is 7.43. The van der Waals surface area contributed by atoms with E-state index in [0.717, 1.165) is 30.8 Å². The maximum absolute atomic E-state index is 12.5. The van der Waals surface area contributed by atoms with E-state index in [9.17, 15) is 4.79 Å². The van der Waals surface area contributed by atoms with Gasteiger partial charge in [0.25, 0.3) is 5.91 Å². The Balaban J connectivity index is 1.72. The van der Waals surface area contributed by atoms with Crippen LogP contribution in [-0.4, -0.2) is 47.9 Å². The van der Waals surface area contributed by atoms with Crippen LogP contribution in [0.3, 0.4) is 0 Å². The molecule has 0 radical (unpaired) electrons. The van der Waals surface area contributed by atoms with E-state index in [-0.39, 0.29) is 5.91 Å². The molecular weight excluding hydrogens is 238 g/mol. The molecule has 0 aliphatic carbocycles. The highest BCUT2D eigenvalue weighted by atomic mass is 16.2. The van der Waals surface area contributed by atoms with Crippen LogP contribution in [0.2, 0.25) is 0 Å². The van der Waals surface area contributed by atoms with Crippen LogP contribution in [0.5, 0.6) is 0 Å².